The van der Waals surface area contributed by atoms with Crippen LogP contribution >= 0.6 is 15.9 Å². The fourth-order valence-electron chi connectivity index (χ4n) is 1.88. The molecule has 0 saturated carbocycles. The SMILES string of the molecule is O=C(O)COc1ccc(/C=C2/NC(=O)N(CC(=O)O)C2=O)cc1Br. The van der Waals surface area contributed by atoms with Crippen LogP contribution in [-0.4, -0.2) is 52.1 Å². The van der Waals surface area contributed by atoms with E-state index in [0.29, 0.717) is 20.7 Å². The first kappa shape index (κ1) is 17.5. The highest BCUT2D eigenvalue weighted by Crippen LogP contribution is 2.27. The molecular formula is C14H11BrN2O7. The summed E-state index contributed by atoms with van der Waals surface area (Å²) >= 11 is 3.21. The van der Waals surface area contributed by atoms with Gasteiger partial charge in [-0.05, 0) is 39.7 Å². The van der Waals surface area contributed by atoms with Crippen LogP contribution in [0.1, 0.15) is 5.56 Å². The van der Waals surface area contributed by atoms with Crippen LogP contribution in [0, 0.1) is 0 Å². The Labute approximate surface area is 143 Å². The van der Waals surface area contributed by atoms with Crippen molar-refractivity contribution >= 4 is 45.9 Å². The molecule has 1 saturated heterocycles. The van der Waals surface area contributed by atoms with Crippen molar-refractivity contribution in [3.8, 4) is 5.75 Å². The molecule has 0 aliphatic carbocycles. The molecule has 1 fully saturated rings. The molecule has 0 radical (unpaired) electrons. The average molecular weight is 399 g/mol. The second kappa shape index (κ2) is 7.13. The molecule has 0 spiro atoms. The fourth-order valence-corrected chi connectivity index (χ4v) is 2.39. The van der Waals surface area contributed by atoms with Crippen molar-refractivity contribution in [3.63, 3.8) is 0 Å². The number of amides is 3. The molecule has 0 bridgehead atoms. The highest BCUT2D eigenvalue weighted by molar-refractivity contribution is 9.10. The Hall–Kier alpha value is -2.88. The van der Waals surface area contributed by atoms with Crippen LogP contribution in [-0.2, 0) is 14.4 Å². The van der Waals surface area contributed by atoms with Crippen LogP contribution in [0.5, 0.6) is 5.75 Å². The van der Waals surface area contributed by atoms with Gasteiger partial charge in [-0.25, -0.2) is 14.5 Å². The summed E-state index contributed by atoms with van der Waals surface area (Å²) in [5.41, 5.74) is 0.456. The molecular weight excluding hydrogens is 388 g/mol. The minimum Gasteiger partial charge on any atom is -0.481 e. The summed E-state index contributed by atoms with van der Waals surface area (Å²) in [6.45, 7) is -1.23. The average Bonchev–Trinajstić information content (AvgIpc) is 2.73. The lowest BCUT2D eigenvalue weighted by molar-refractivity contribution is -0.140. The van der Waals surface area contributed by atoms with E-state index in [2.05, 4.69) is 21.2 Å². The van der Waals surface area contributed by atoms with E-state index >= 15 is 0 Å². The van der Waals surface area contributed by atoms with Crippen molar-refractivity contribution < 1.29 is 34.1 Å². The number of urea groups is 1. The van der Waals surface area contributed by atoms with E-state index in [1.165, 1.54) is 12.1 Å². The number of carbonyl (C=O) groups excluding carboxylic acids is 2. The van der Waals surface area contributed by atoms with Crippen LogP contribution in [0.25, 0.3) is 6.08 Å². The van der Waals surface area contributed by atoms with Crippen LogP contribution in [0.15, 0.2) is 28.4 Å². The van der Waals surface area contributed by atoms with E-state index in [1.807, 2.05) is 0 Å². The molecule has 10 heteroatoms. The molecule has 1 aliphatic rings. The molecule has 24 heavy (non-hydrogen) atoms. The first-order valence-electron chi connectivity index (χ1n) is 6.48. The lowest BCUT2D eigenvalue weighted by atomic mass is 10.2. The summed E-state index contributed by atoms with van der Waals surface area (Å²) in [7, 11) is 0. The van der Waals surface area contributed by atoms with Crippen molar-refractivity contribution in [2.45, 2.75) is 0 Å². The van der Waals surface area contributed by atoms with Crippen molar-refractivity contribution in [2.75, 3.05) is 13.2 Å². The largest absolute Gasteiger partial charge is 0.481 e. The van der Waals surface area contributed by atoms with Gasteiger partial charge in [-0.1, -0.05) is 6.07 Å². The lowest BCUT2D eigenvalue weighted by Crippen LogP contribution is -2.35. The molecule has 0 aromatic heterocycles. The third-order valence-corrected chi connectivity index (χ3v) is 3.49. The van der Waals surface area contributed by atoms with Gasteiger partial charge in [0.05, 0.1) is 4.47 Å². The van der Waals surface area contributed by atoms with Gasteiger partial charge >= 0.3 is 18.0 Å². The minimum atomic E-state index is -1.30. The molecule has 1 aromatic rings. The van der Waals surface area contributed by atoms with Gasteiger partial charge in [-0.15, -0.1) is 0 Å². The summed E-state index contributed by atoms with van der Waals surface area (Å²) in [5, 5.41) is 19.6. The number of carbonyl (C=O) groups is 4. The molecule has 3 N–H and O–H groups in total. The Morgan fingerprint density at radius 2 is 1.96 bits per heavy atom. The standard InChI is InChI=1S/C14H11BrN2O7/c15-8-3-7(1-2-10(8)24-6-12(20)21)4-9-13(22)17(5-11(18)19)14(23)16-9/h1-4H,5-6H2,(H,16,23)(H,18,19)(H,20,21)/b9-4+. The van der Waals surface area contributed by atoms with E-state index in [4.69, 9.17) is 14.9 Å². The predicted molar refractivity (Wildman–Crippen MR) is 83.1 cm³/mol. The molecule has 9 nitrogen and oxygen atoms in total. The number of carboxylic acids is 2. The zero-order chi connectivity index (χ0) is 17.9. The Balaban J connectivity index is 2.18. The van der Waals surface area contributed by atoms with Gasteiger partial charge < -0.3 is 20.3 Å². The van der Waals surface area contributed by atoms with Crippen LogP contribution in [0.3, 0.4) is 0 Å². The summed E-state index contributed by atoms with van der Waals surface area (Å²) in [5.74, 6) is -2.87. The Bertz CT molecular complexity index is 759. The minimum absolute atomic E-state index is 0.0626. The summed E-state index contributed by atoms with van der Waals surface area (Å²) in [6.07, 6.45) is 1.37. The van der Waals surface area contributed by atoms with Gasteiger partial charge in [0, 0.05) is 0 Å². The number of halogens is 1. The lowest BCUT2D eigenvalue weighted by Gasteiger charge is -2.07. The Kier molecular flexibility index (Phi) is 5.19. The molecule has 0 atom stereocenters. The normalized spacial score (nSPS) is 15.5. The number of rotatable bonds is 6. The number of aliphatic carboxylic acids is 2. The van der Waals surface area contributed by atoms with Crippen molar-refractivity contribution in [1.29, 1.82) is 0 Å². The van der Waals surface area contributed by atoms with Gasteiger partial charge in [-0.3, -0.25) is 9.59 Å². The summed E-state index contributed by atoms with van der Waals surface area (Å²) < 4.78 is 5.50. The molecule has 1 aliphatic heterocycles. The number of carboxylic acid groups (broad SMARTS) is 2. The van der Waals surface area contributed by atoms with Crippen molar-refractivity contribution in [3.05, 3.63) is 33.9 Å². The third kappa shape index (κ3) is 4.10. The third-order valence-electron chi connectivity index (χ3n) is 2.87. The number of hydrogen-bond donors (Lipinski definition) is 3. The maximum Gasteiger partial charge on any atom is 0.341 e. The van der Waals surface area contributed by atoms with E-state index in [0.717, 1.165) is 0 Å². The molecule has 1 heterocycles. The topological polar surface area (TPSA) is 133 Å². The first-order valence-corrected chi connectivity index (χ1v) is 7.27. The maximum absolute atomic E-state index is 12.0. The molecule has 126 valence electrons. The van der Waals surface area contributed by atoms with Crippen LogP contribution in [0.4, 0.5) is 4.79 Å². The van der Waals surface area contributed by atoms with Gasteiger partial charge in [-0.2, -0.15) is 0 Å². The van der Waals surface area contributed by atoms with Gasteiger partial charge in [0.1, 0.15) is 18.0 Å². The first-order chi connectivity index (χ1) is 11.3. The summed E-state index contributed by atoms with van der Waals surface area (Å²) in [4.78, 5) is 45.3. The molecule has 0 unspecified atom stereocenters. The second-order valence-electron chi connectivity index (χ2n) is 4.65. The number of nitrogens with one attached hydrogen (secondary N) is 1. The second-order valence-corrected chi connectivity index (χ2v) is 5.50. The predicted octanol–water partition coefficient (Wildman–Crippen LogP) is 0.890. The van der Waals surface area contributed by atoms with E-state index in [9.17, 15) is 19.2 Å². The smallest absolute Gasteiger partial charge is 0.341 e. The number of ether oxygens (including phenoxy) is 1. The highest BCUT2D eigenvalue weighted by atomic mass is 79.9. The maximum atomic E-state index is 12.0. The van der Waals surface area contributed by atoms with Crippen LogP contribution in [0.2, 0.25) is 0 Å². The molecule has 3 amide bonds. The number of benzene rings is 1. The zero-order valence-electron chi connectivity index (χ0n) is 12.0. The molecule has 1 aromatic carbocycles. The number of hydrogen-bond acceptors (Lipinski definition) is 5. The van der Waals surface area contributed by atoms with Gasteiger partial charge in [0.15, 0.2) is 6.61 Å². The number of imide groups is 1. The highest BCUT2D eigenvalue weighted by Gasteiger charge is 2.34. The van der Waals surface area contributed by atoms with Crippen molar-refractivity contribution in [2.24, 2.45) is 0 Å². The monoisotopic (exact) mass is 398 g/mol. The van der Waals surface area contributed by atoms with Crippen molar-refractivity contribution in [1.82, 2.24) is 10.2 Å². The zero-order valence-corrected chi connectivity index (χ0v) is 13.6. The molecule has 2 rings (SSSR count). The summed E-state index contributed by atoms with van der Waals surface area (Å²) in [6, 6.07) is 3.79. The van der Waals surface area contributed by atoms with Crippen LogP contribution < -0.4 is 10.1 Å². The van der Waals surface area contributed by atoms with Gasteiger partial charge in [0.25, 0.3) is 5.91 Å². The quantitative estimate of drug-likeness (QED) is 0.478. The van der Waals surface area contributed by atoms with E-state index in [1.54, 1.807) is 12.1 Å². The van der Waals surface area contributed by atoms with E-state index < -0.39 is 37.0 Å². The number of nitrogens with zero attached hydrogens (tertiary/aromatic N) is 1. The Morgan fingerprint density at radius 3 is 2.54 bits per heavy atom. The van der Waals surface area contributed by atoms with Gasteiger partial charge in [0.2, 0.25) is 0 Å². The Morgan fingerprint density at radius 1 is 1.25 bits per heavy atom. The fraction of sp³-hybridized carbons (Fsp3) is 0.143. The van der Waals surface area contributed by atoms with E-state index in [-0.39, 0.29) is 5.70 Å².